The minimum Gasteiger partial charge on any atom is -0.465 e. The van der Waals surface area contributed by atoms with Gasteiger partial charge in [-0.25, -0.2) is 4.79 Å². The second-order valence-corrected chi connectivity index (χ2v) is 3.92. The van der Waals surface area contributed by atoms with Crippen LogP contribution in [0, 0.1) is 4.91 Å². The minimum atomic E-state index is -0.703. The zero-order chi connectivity index (χ0) is 10.8. The van der Waals surface area contributed by atoms with Crippen LogP contribution in [0.25, 0.3) is 0 Å². The Morgan fingerprint density at radius 3 is 3.20 bits per heavy atom. The van der Waals surface area contributed by atoms with Crippen LogP contribution in [0.4, 0.5) is 0 Å². The van der Waals surface area contributed by atoms with Gasteiger partial charge in [0, 0.05) is 0 Å². The highest BCUT2D eigenvalue weighted by Crippen LogP contribution is 2.30. The van der Waals surface area contributed by atoms with Gasteiger partial charge < -0.3 is 15.4 Å². The summed E-state index contributed by atoms with van der Waals surface area (Å²) in [6.45, 7) is 0. The number of hydrogen-bond acceptors (Lipinski definition) is 7. The molecule has 7 heteroatoms. The molecule has 0 radical (unpaired) electrons. The van der Waals surface area contributed by atoms with Crippen LogP contribution in [0.15, 0.2) is 27.6 Å². The van der Waals surface area contributed by atoms with E-state index in [2.05, 4.69) is 20.5 Å². The zero-order valence-corrected chi connectivity index (χ0v) is 8.76. The largest absolute Gasteiger partial charge is 0.465 e. The van der Waals surface area contributed by atoms with E-state index in [0.717, 1.165) is 5.03 Å². The summed E-state index contributed by atoms with van der Waals surface area (Å²) in [6.07, 6.45) is 0.751. The number of hydrogen-bond donors (Lipinski definition) is 2. The summed E-state index contributed by atoms with van der Waals surface area (Å²) in [5.74, 6) is 0.199. The van der Waals surface area contributed by atoms with Crippen LogP contribution in [0.5, 0.6) is 0 Å². The number of nitrogens with zero attached hydrogens (tertiary/aromatic N) is 1. The SMILES string of the molecule is COC(=O)C1=CC(N=O)NC2=C1NCS2. The summed E-state index contributed by atoms with van der Waals surface area (Å²) in [5.41, 5.74) is 1.05. The Hall–Kier alpha value is -1.50. The van der Waals surface area contributed by atoms with Crippen LogP contribution in [0.1, 0.15) is 0 Å². The standard InChI is InChI=1S/C8H9N3O3S/c1-14-8(12)4-2-5(11-13)10-7-6(4)9-3-15-7/h2,5,9-10H,3H2,1H3. The second kappa shape index (κ2) is 3.93. The van der Waals surface area contributed by atoms with Crippen molar-refractivity contribution in [1.29, 1.82) is 0 Å². The minimum absolute atomic E-state index is 0.362. The third kappa shape index (κ3) is 1.70. The van der Waals surface area contributed by atoms with Crippen LogP contribution in [0.2, 0.25) is 0 Å². The van der Waals surface area contributed by atoms with Crippen molar-refractivity contribution in [2.24, 2.45) is 5.18 Å². The van der Waals surface area contributed by atoms with Gasteiger partial charge in [-0.15, -0.1) is 4.91 Å². The quantitative estimate of drug-likeness (QED) is 0.520. The van der Waals surface area contributed by atoms with Crippen molar-refractivity contribution in [2.45, 2.75) is 6.17 Å². The first kappa shape index (κ1) is 10.0. The van der Waals surface area contributed by atoms with Gasteiger partial charge >= 0.3 is 5.97 Å². The first-order chi connectivity index (χ1) is 7.26. The van der Waals surface area contributed by atoms with Crippen LogP contribution >= 0.6 is 11.8 Å². The lowest BCUT2D eigenvalue weighted by Gasteiger charge is -2.18. The van der Waals surface area contributed by atoms with Crippen molar-refractivity contribution in [3.05, 3.63) is 27.3 Å². The van der Waals surface area contributed by atoms with E-state index in [-0.39, 0.29) is 0 Å². The van der Waals surface area contributed by atoms with Crippen molar-refractivity contribution in [1.82, 2.24) is 10.6 Å². The molecule has 2 N–H and O–H groups in total. The molecule has 2 aliphatic heterocycles. The number of carbonyl (C=O) groups is 1. The average molecular weight is 227 g/mol. The van der Waals surface area contributed by atoms with Gasteiger partial charge in [-0.2, -0.15) is 0 Å². The molecule has 0 saturated carbocycles. The molecule has 15 heavy (non-hydrogen) atoms. The molecule has 0 aromatic rings. The van der Waals surface area contributed by atoms with E-state index in [1.165, 1.54) is 24.9 Å². The van der Waals surface area contributed by atoms with Crippen molar-refractivity contribution in [3.63, 3.8) is 0 Å². The van der Waals surface area contributed by atoms with Crippen molar-refractivity contribution >= 4 is 17.7 Å². The van der Waals surface area contributed by atoms with Gasteiger partial charge in [0.1, 0.15) is 0 Å². The molecule has 2 heterocycles. The molecule has 2 aliphatic rings. The third-order valence-corrected chi connectivity index (χ3v) is 2.98. The highest BCUT2D eigenvalue weighted by atomic mass is 32.2. The molecule has 0 fully saturated rings. The molecule has 80 valence electrons. The average Bonchev–Trinajstić information content (AvgIpc) is 2.74. The summed E-state index contributed by atoms with van der Waals surface area (Å²) in [6, 6.07) is 0. The lowest BCUT2D eigenvalue weighted by atomic mass is 10.1. The van der Waals surface area contributed by atoms with E-state index in [1.54, 1.807) is 0 Å². The molecule has 0 spiro atoms. The summed E-state index contributed by atoms with van der Waals surface area (Å²) in [5, 5.41) is 9.55. The number of thioether (sulfide) groups is 1. The molecule has 2 rings (SSSR count). The van der Waals surface area contributed by atoms with E-state index < -0.39 is 12.1 Å². The van der Waals surface area contributed by atoms with Gasteiger partial charge in [0.2, 0.25) is 0 Å². The molecule has 0 amide bonds. The molecular formula is C8H9N3O3S. The second-order valence-electron chi connectivity index (χ2n) is 2.94. The van der Waals surface area contributed by atoms with E-state index in [0.29, 0.717) is 17.1 Å². The number of carbonyl (C=O) groups excluding carboxylic acids is 1. The van der Waals surface area contributed by atoms with Gasteiger partial charge in [0.25, 0.3) is 0 Å². The first-order valence-corrected chi connectivity index (χ1v) is 5.25. The molecule has 0 aliphatic carbocycles. The van der Waals surface area contributed by atoms with E-state index in [4.69, 9.17) is 0 Å². The molecule has 0 saturated heterocycles. The maximum atomic E-state index is 11.4. The molecule has 1 unspecified atom stereocenters. The summed E-state index contributed by atoms with van der Waals surface area (Å²) in [7, 11) is 1.30. The van der Waals surface area contributed by atoms with Crippen molar-refractivity contribution in [3.8, 4) is 0 Å². The highest BCUT2D eigenvalue weighted by Gasteiger charge is 2.30. The molecule has 0 bridgehead atoms. The Morgan fingerprint density at radius 2 is 2.53 bits per heavy atom. The van der Waals surface area contributed by atoms with Gasteiger partial charge in [0.15, 0.2) is 6.17 Å². The van der Waals surface area contributed by atoms with Gasteiger partial charge in [-0.05, 0) is 11.3 Å². The third-order valence-electron chi connectivity index (χ3n) is 2.08. The summed E-state index contributed by atoms with van der Waals surface area (Å²) < 4.78 is 4.63. The zero-order valence-electron chi connectivity index (χ0n) is 7.94. The Kier molecular flexibility index (Phi) is 2.63. The predicted octanol–water partition coefficient (Wildman–Crippen LogP) is 0.244. The lowest BCUT2D eigenvalue weighted by molar-refractivity contribution is -0.135. The van der Waals surface area contributed by atoms with E-state index in [1.807, 2.05) is 0 Å². The number of methoxy groups -OCH3 is 1. The summed E-state index contributed by atoms with van der Waals surface area (Å²) in [4.78, 5) is 21.9. The van der Waals surface area contributed by atoms with E-state index in [9.17, 15) is 9.70 Å². The maximum Gasteiger partial charge on any atom is 0.339 e. The topological polar surface area (TPSA) is 79.8 Å². The number of ether oxygens (including phenoxy) is 1. The normalized spacial score (nSPS) is 23.5. The fourth-order valence-electron chi connectivity index (χ4n) is 1.42. The molecule has 0 aromatic carbocycles. The number of nitrogens with one attached hydrogen (secondary N) is 2. The lowest BCUT2D eigenvalue weighted by Crippen LogP contribution is -2.31. The van der Waals surface area contributed by atoms with Crippen molar-refractivity contribution < 1.29 is 9.53 Å². The molecule has 6 nitrogen and oxygen atoms in total. The fourth-order valence-corrected chi connectivity index (χ4v) is 2.31. The smallest absolute Gasteiger partial charge is 0.339 e. The number of esters is 1. The number of nitroso groups, excluding NO2 is 1. The van der Waals surface area contributed by atoms with E-state index >= 15 is 0 Å². The number of dihydropyridines is 1. The fraction of sp³-hybridized carbons (Fsp3) is 0.375. The highest BCUT2D eigenvalue weighted by molar-refractivity contribution is 8.03. The predicted molar refractivity (Wildman–Crippen MR) is 55.4 cm³/mol. The number of rotatable bonds is 2. The Balaban J connectivity index is 2.34. The van der Waals surface area contributed by atoms with Crippen molar-refractivity contribution in [2.75, 3.05) is 13.0 Å². The molecular weight excluding hydrogens is 218 g/mol. The van der Waals surface area contributed by atoms with Gasteiger partial charge in [-0.1, -0.05) is 11.8 Å². The Morgan fingerprint density at radius 1 is 1.73 bits per heavy atom. The maximum absolute atomic E-state index is 11.4. The van der Waals surface area contributed by atoms with Gasteiger partial charge in [-0.3, -0.25) is 0 Å². The first-order valence-electron chi connectivity index (χ1n) is 4.26. The Labute approximate surface area is 90.1 Å². The van der Waals surface area contributed by atoms with Crippen LogP contribution < -0.4 is 10.6 Å². The molecule has 1 atom stereocenters. The van der Waals surface area contributed by atoms with Gasteiger partial charge in [0.05, 0.1) is 29.3 Å². The summed E-state index contributed by atoms with van der Waals surface area (Å²) >= 11 is 1.49. The monoisotopic (exact) mass is 227 g/mol. The van der Waals surface area contributed by atoms with Crippen LogP contribution in [0.3, 0.4) is 0 Å². The molecule has 0 aromatic heterocycles. The Bertz CT molecular complexity index is 377. The van der Waals surface area contributed by atoms with Crippen LogP contribution in [-0.2, 0) is 9.53 Å². The van der Waals surface area contributed by atoms with Crippen LogP contribution in [-0.4, -0.2) is 25.1 Å².